The van der Waals surface area contributed by atoms with Gasteiger partial charge in [-0.25, -0.2) is 0 Å². The molecule has 5 heteroatoms. The van der Waals surface area contributed by atoms with E-state index in [1.807, 2.05) is 26.4 Å². The molecular weight excluding hydrogens is 354 g/mol. The Bertz CT molecular complexity index is 496. The Morgan fingerprint density at radius 1 is 1.61 bits per heavy atom. The molecule has 1 atom stereocenters. The van der Waals surface area contributed by atoms with Gasteiger partial charge in [0.25, 0.3) is 0 Å². The van der Waals surface area contributed by atoms with Gasteiger partial charge in [0.2, 0.25) is 0 Å². The number of nitrogens with one attached hydrogen (secondary N) is 1. The van der Waals surface area contributed by atoms with Gasteiger partial charge in [0.15, 0.2) is 0 Å². The van der Waals surface area contributed by atoms with E-state index in [0.717, 1.165) is 23.3 Å². The van der Waals surface area contributed by atoms with Crippen LogP contribution in [0.1, 0.15) is 27.2 Å². The van der Waals surface area contributed by atoms with Crippen molar-refractivity contribution in [3.8, 4) is 0 Å². The number of halogens is 1. The molecule has 0 amide bonds. The maximum absolute atomic E-state index is 5.82. The molecule has 0 aromatic rings. The van der Waals surface area contributed by atoms with Crippen LogP contribution in [0.25, 0.3) is 0 Å². The van der Waals surface area contributed by atoms with E-state index in [0.29, 0.717) is 19.3 Å². The molecule has 4 nitrogen and oxygen atoms in total. The lowest BCUT2D eigenvalue weighted by Crippen LogP contribution is -2.43. The van der Waals surface area contributed by atoms with Crippen LogP contribution in [-0.4, -0.2) is 49.4 Å². The molecule has 1 N–H and O–H groups in total. The van der Waals surface area contributed by atoms with Gasteiger partial charge < -0.3 is 15.0 Å². The summed E-state index contributed by atoms with van der Waals surface area (Å²) >= 11 is 3.56. The van der Waals surface area contributed by atoms with Crippen molar-refractivity contribution < 1.29 is 4.74 Å². The summed E-state index contributed by atoms with van der Waals surface area (Å²) in [6.07, 6.45) is 6.94. The highest BCUT2D eigenvalue weighted by Crippen LogP contribution is 2.44. The normalized spacial score (nSPS) is 22.9. The van der Waals surface area contributed by atoms with Crippen molar-refractivity contribution in [2.24, 2.45) is 10.4 Å². The predicted octanol–water partition coefficient (Wildman–Crippen LogP) is 3.72. The average Bonchev–Trinajstić information content (AvgIpc) is 2.50. The third-order valence-electron chi connectivity index (χ3n) is 4.35. The highest BCUT2D eigenvalue weighted by atomic mass is 79.9. The molecular formula is C18H30BrN3O. The molecule has 23 heavy (non-hydrogen) atoms. The third-order valence-corrected chi connectivity index (χ3v) is 4.98. The average molecular weight is 384 g/mol. The van der Waals surface area contributed by atoms with E-state index in [1.165, 1.54) is 5.57 Å². The summed E-state index contributed by atoms with van der Waals surface area (Å²) in [5, 5.41) is 2.96. The second kappa shape index (κ2) is 9.28. The molecule has 0 saturated heterocycles. The molecule has 1 aliphatic heterocycles. The van der Waals surface area contributed by atoms with Crippen molar-refractivity contribution in [3.05, 3.63) is 36.2 Å². The maximum Gasteiger partial charge on any atom is 0.0783 e. The molecule has 0 radical (unpaired) electrons. The van der Waals surface area contributed by atoms with Gasteiger partial charge in [-0.15, -0.1) is 0 Å². The van der Waals surface area contributed by atoms with E-state index in [1.54, 1.807) is 0 Å². The van der Waals surface area contributed by atoms with Crippen molar-refractivity contribution in [3.63, 3.8) is 0 Å². The van der Waals surface area contributed by atoms with Gasteiger partial charge in [0.1, 0.15) is 0 Å². The fourth-order valence-electron chi connectivity index (χ4n) is 2.78. The number of aliphatic imine (C=N–C) groups is 1. The summed E-state index contributed by atoms with van der Waals surface area (Å²) in [6, 6.07) is 0.427. The third kappa shape index (κ3) is 5.21. The Morgan fingerprint density at radius 2 is 2.30 bits per heavy atom. The van der Waals surface area contributed by atoms with Gasteiger partial charge in [-0.2, -0.15) is 0 Å². The van der Waals surface area contributed by atoms with Gasteiger partial charge >= 0.3 is 0 Å². The minimum atomic E-state index is -0.173. The standard InChI is InChI=1S/C18H30BrN3O/c1-14(2)22-10-8-16(13-23-11-7-9-20-5)18(4,15(22)3)12-17(19)21-6/h7-9,14,20H,3,10-13H2,1-2,4-6H3/b9-7+,21-17?/t18-/m0/s1. The number of nitrogens with zero attached hydrogens (tertiary/aromatic N) is 2. The van der Waals surface area contributed by atoms with E-state index in [2.05, 4.69) is 64.6 Å². The summed E-state index contributed by atoms with van der Waals surface area (Å²) in [4.78, 5) is 6.62. The van der Waals surface area contributed by atoms with Gasteiger partial charge in [-0.05, 0) is 54.6 Å². The molecule has 0 aromatic heterocycles. The van der Waals surface area contributed by atoms with E-state index < -0.39 is 0 Å². The van der Waals surface area contributed by atoms with Gasteiger partial charge in [-0.1, -0.05) is 12.7 Å². The van der Waals surface area contributed by atoms with Crippen molar-refractivity contribution in [1.29, 1.82) is 0 Å². The van der Waals surface area contributed by atoms with E-state index in [4.69, 9.17) is 4.74 Å². The van der Waals surface area contributed by atoms with E-state index in [-0.39, 0.29) is 5.41 Å². The molecule has 0 bridgehead atoms. The second-order valence-corrected chi connectivity index (χ2v) is 7.15. The van der Waals surface area contributed by atoms with Crippen LogP contribution >= 0.6 is 15.9 Å². The Labute approximate surface area is 149 Å². The summed E-state index contributed by atoms with van der Waals surface area (Å²) < 4.78 is 6.77. The minimum absolute atomic E-state index is 0.173. The van der Waals surface area contributed by atoms with Crippen LogP contribution in [0.15, 0.2) is 41.2 Å². The number of rotatable bonds is 8. The largest absolute Gasteiger partial charge is 0.394 e. The molecule has 1 aliphatic rings. The molecule has 0 unspecified atom stereocenters. The van der Waals surface area contributed by atoms with Crippen LogP contribution in [0.4, 0.5) is 0 Å². The zero-order chi connectivity index (χ0) is 17.5. The van der Waals surface area contributed by atoms with Crippen LogP contribution in [0, 0.1) is 5.41 Å². The Kier molecular flexibility index (Phi) is 8.06. The topological polar surface area (TPSA) is 36.9 Å². The zero-order valence-corrected chi connectivity index (χ0v) is 16.6. The fourth-order valence-corrected chi connectivity index (χ4v) is 3.34. The second-order valence-electron chi connectivity index (χ2n) is 6.24. The Hall–Kier alpha value is -1.07. The van der Waals surface area contributed by atoms with Crippen molar-refractivity contribution in [2.45, 2.75) is 33.2 Å². The lowest BCUT2D eigenvalue weighted by atomic mass is 9.74. The summed E-state index contributed by atoms with van der Waals surface area (Å²) in [7, 11) is 3.69. The van der Waals surface area contributed by atoms with Gasteiger partial charge in [0, 0.05) is 44.2 Å². The molecule has 0 spiro atoms. The lowest BCUT2D eigenvalue weighted by Gasteiger charge is -2.46. The molecule has 1 rings (SSSR count). The van der Waals surface area contributed by atoms with Crippen LogP contribution in [0.5, 0.6) is 0 Å². The first kappa shape index (κ1) is 20.0. The first-order valence-electron chi connectivity index (χ1n) is 8.03. The number of hydrogen-bond acceptors (Lipinski definition) is 4. The van der Waals surface area contributed by atoms with E-state index in [9.17, 15) is 0 Å². The SMILES string of the molecule is C=C1N(C(C)C)CC=C(COC/C=C/NC)[C@@]1(C)CC(Br)=NC. The predicted molar refractivity (Wildman–Crippen MR) is 103 cm³/mol. The summed E-state index contributed by atoms with van der Waals surface area (Å²) in [5.74, 6) is 0. The highest BCUT2D eigenvalue weighted by Gasteiger charge is 2.39. The molecule has 130 valence electrons. The van der Waals surface area contributed by atoms with Crippen LogP contribution in [-0.2, 0) is 4.74 Å². The highest BCUT2D eigenvalue weighted by molar-refractivity contribution is 9.18. The minimum Gasteiger partial charge on any atom is -0.394 e. The monoisotopic (exact) mass is 383 g/mol. The smallest absolute Gasteiger partial charge is 0.0783 e. The van der Waals surface area contributed by atoms with Gasteiger partial charge in [0.05, 0.1) is 17.8 Å². The van der Waals surface area contributed by atoms with E-state index >= 15 is 0 Å². The van der Waals surface area contributed by atoms with Crippen LogP contribution in [0.2, 0.25) is 0 Å². The fraction of sp³-hybridized carbons (Fsp3) is 0.611. The van der Waals surface area contributed by atoms with Crippen molar-refractivity contribution >= 4 is 20.6 Å². The zero-order valence-electron chi connectivity index (χ0n) is 15.0. The Morgan fingerprint density at radius 3 is 2.87 bits per heavy atom. The van der Waals surface area contributed by atoms with Crippen molar-refractivity contribution in [2.75, 3.05) is 33.9 Å². The summed E-state index contributed by atoms with van der Waals surface area (Å²) in [6.45, 7) is 13.1. The molecule has 1 heterocycles. The van der Waals surface area contributed by atoms with Crippen molar-refractivity contribution in [1.82, 2.24) is 10.2 Å². The summed E-state index contributed by atoms with van der Waals surface area (Å²) in [5.41, 5.74) is 2.24. The Balaban J connectivity index is 2.94. The number of hydrogen-bond donors (Lipinski definition) is 1. The number of ether oxygens (including phenoxy) is 1. The van der Waals surface area contributed by atoms with Gasteiger partial charge in [-0.3, -0.25) is 4.99 Å². The maximum atomic E-state index is 5.82. The quantitative estimate of drug-likeness (QED) is 0.394. The molecule has 0 aromatic carbocycles. The lowest BCUT2D eigenvalue weighted by molar-refractivity contribution is 0.153. The van der Waals surface area contributed by atoms with Crippen LogP contribution < -0.4 is 5.32 Å². The molecule has 0 saturated carbocycles. The number of allylic oxidation sites excluding steroid dienone is 1. The first-order valence-corrected chi connectivity index (χ1v) is 8.82. The first-order chi connectivity index (χ1) is 10.9. The molecule has 0 aliphatic carbocycles. The van der Waals surface area contributed by atoms with Crippen LogP contribution in [0.3, 0.4) is 0 Å². The molecule has 0 fully saturated rings.